The second-order valence-corrected chi connectivity index (χ2v) is 11.7. The third kappa shape index (κ3) is 8.52. The van der Waals surface area contributed by atoms with E-state index in [1.807, 2.05) is 66.7 Å². The van der Waals surface area contributed by atoms with Gasteiger partial charge in [0, 0.05) is 46.1 Å². The number of carbonyl (C=O) groups excluding carboxylic acids is 2. The Hall–Kier alpha value is -2.47. The predicted molar refractivity (Wildman–Crippen MR) is 158 cm³/mol. The monoisotopic (exact) mass is 568 g/mol. The normalized spacial score (nSPS) is 14.6. The van der Waals surface area contributed by atoms with E-state index < -0.39 is 6.04 Å². The first-order valence-electron chi connectivity index (χ1n) is 13.2. The zero-order chi connectivity index (χ0) is 26.7. The van der Waals surface area contributed by atoms with Gasteiger partial charge in [0.2, 0.25) is 11.8 Å². The predicted octanol–water partition coefficient (Wildman–Crippen LogP) is 7.56. The Morgan fingerprint density at radius 1 is 0.921 bits per heavy atom. The second-order valence-electron chi connectivity index (χ2n) is 9.72. The number of amides is 2. The number of benzene rings is 3. The van der Waals surface area contributed by atoms with Gasteiger partial charge >= 0.3 is 0 Å². The maximum absolute atomic E-state index is 13.8. The number of rotatable bonds is 11. The zero-order valence-corrected chi connectivity index (χ0v) is 23.8. The molecular weight excluding hydrogens is 535 g/mol. The van der Waals surface area contributed by atoms with Crippen LogP contribution in [0.5, 0.6) is 0 Å². The van der Waals surface area contributed by atoms with E-state index in [9.17, 15) is 9.59 Å². The van der Waals surface area contributed by atoms with E-state index in [1.54, 1.807) is 28.8 Å². The highest BCUT2D eigenvalue weighted by Gasteiger charge is 2.32. The van der Waals surface area contributed by atoms with Gasteiger partial charge in [0.05, 0.1) is 0 Å². The van der Waals surface area contributed by atoms with Crippen molar-refractivity contribution in [2.24, 2.45) is 0 Å². The van der Waals surface area contributed by atoms with E-state index in [-0.39, 0.29) is 24.4 Å². The molecule has 0 radical (unpaired) electrons. The van der Waals surface area contributed by atoms with Gasteiger partial charge in [0.15, 0.2) is 0 Å². The largest absolute Gasteiger partial charge is 0.352 e. The summed E-state index contributed by atoms with van der Waals surface area (Å²) >= 11 is 14.3. The molecule has 200 valence electrons. The number of nitrogens with zero attached hydrogens (tertiary/aromatic N) is 1. The number of hydrogen-bond acceptors (Lipinski definition) is 3. The molecule has 1 aliphatic rings. The number of halogens is 2. The first-order valence-corrected chi connectivity index (χ1v) is 15.0. The zero-order valence-electron chi connectivity index (χ0n) is 21.5. The third-order valence-electron chi connectivity index (χ3n) is 6.91. The standard InChI is InChI=1S/C31H34Cl2N2O2S/c32-25-17-16-24(28(33)21-25)22-35(30(36)18-19-38-27-14-8-3-9-15-27)29(20-23-10-4-1-5-11-23)31(37)34-26-12-6-2-7-13-26/h1,3-5,8-11,14-17,21,26,29H,2,6-7,12-13,18-20,22H2,(H,34,37)/t29-/m1/s1. The number of hydrogen-bond donors (Lipinski definition) is 1. The molecule has 0 heterocycles. The van der Waals surface area contributed by atoms with Crippen LogP contribution in [0.15, 0.2) is 83.8 Å². The second kappa shape index (κ2) is 14.6. The summed E-state index contributed by atoms with van der Waals surface area (Å²) in [5.74, 6) is 0.449. The summed E-state index contributed by atoms with van der Waals surface area (Å²) in [6, 6.07) is 24.7. The minimum atomic E-state index is -0.653. The maximum Gasteiger partial charge on any atom is 0.243 e. The molecule has 0 saturated heterocycles. The van der Waals surface area contributed by atoms with Crippen molar-refractivity contribution < 1.29 is 9.59 Å². The Balaban J connectivity index is 1.59. The van der Waals surface area contributed by atoms with Gasteiger partial charge in [-0.15, -0.1) is 11.8 Å². The summed E-state index contributed by atoms with van der Waals surface area (Å²) in [5.41, 5.74) is 1.78. The molecule has 3 aromatic carbocycles. The molecular formula is C31H34Cl2N2O2S. The van der Waals surface area contributed by atoms with Gasteiger partial charge in [0.1, 0.15) is 6.04 Å². The van der Waals surface area contributed by atoms with Crippen LogP contribution in [0.3, 0.4) is 0 Å². The molecule has 0 bridgehead atoms. The SMILES string of the molecule is O=C(NC1CCCCC1)[C@@H](Cc1ccccc1)N(Cc1ccc(Cl)cc1Cl)C(=O)CCSc1ccccc1. The van der Waals surface area contributed by atoms with Gasteiger partial charge < -0.3 is 10.2 Å². The van der Waals surface area contributed by atoms with Gasteiger partial charge in [0.25, 0.3) is 0 Å². The number of nitrogens with one attached hydrogen (secondary N) is 1. The fraction of sp³-hybridized carbons (Fsp3) is 0.355. The van der Waals surface area contributed by atoms with Crippen LogP contribution in [-0.4, -0.2) is 34.6 Å². The van der Waals surface area contributed by atoms with Gasteiger partial charge in [-0.3, -0.25) is 9.59 Å². The highest BCUT2D eigenvalue weighted by Crippen LogP contribution is 2.26. The third-order valence-corrected chi connectivity index (χ3v) is 8.51. The van der Waals surface area contributed by atoms with Crippen molar-refractivity contribution in [3.05, 3.63) is 100 Å². The van der Waals surface area contributed by atoms with Crippen molar-refractivity contribution in [2.75, 3.05) is 5.75 Å². The van der Waals surface area contributed by atoms with Gasteiger partial charge in [-0.25, -0.2) is 0 Å². The van der Waals surface area contributed by atoms with Gasteiger partial charge in [-0.05, 0) is 48.2 Å². The van der Waals surface area contributed by atoms with Crippen LogP contribution in [0.4, 0.5) is 0 Å². The topological polar surface area (TPSA) is 49.4 Å². The number of carbonyl (C=O) groups is 2. The lowest BCUT2D eigenvalue weighted by Gasteiger charge is -2.33. The van der Waals surface area contributed by atoms with E-state index in [0.717, 1.165) is 41.7 Å². The van der Waals surface area contributed by atoms with Crippen molar-refractivity contribution >= 4 is 46.8 Å². The smallest absolute Gasteiger partial charge is 0.243 e. The molecule has 7 heteroatoms. The summed E-state index contributed by atoms with van der Waals surface area (Å²) in [6.45, 7) is 0.237. The Bertz CT molecular complexity index is 1190. The van der Waals surface area contributed by atoms with Gasteiger partial charge in [-0.2, -0.15) is 0 Å². The molecule has 1 saturated carbocycles. The van der Waals surface area contributed by atoms with Gasteiger partial charge in [-0.1, -0.05) is 97.1 Å². The number of thioether (sulfide) groups is 1. The molecule has 2 amide bonds. The molecule has 0 spiro atoms. The minimum Gasteiger partial charge on any atom is -0.352 e. The molecule has 0 aliphatic heterocycles. The van der Waals surface area contributed by atoms with E-state index >= 15 is 0 Å². The fourth-order valence-corrected chi connectivity index (χ4v) is 6.18. The fourth-order valence-electron chi connectivity index (χ4n) is 4.85. The molecule has 1 N–H and O–H groups in total. The Morgan fingerprint density at radius 3 is 2.29 bits per heavy atom. The van der Waals surface area contributed by atoms with Crippen molar-refractivity contribution in [2.45, 2.75) is 68.5 Å². The Kier molecular flexibility index (Phi) is 11.0. The van der Waals surface area contributed by atoms with Crippen molar-refractivity contribution in [1.82, 2.24) is 10.2 Å². The molecule has 4 nitrogen and oxygen atoms in total. The lowest BCUT2D eigenvalue weighted by Crippen LogP contribution is -2.53. The molecule has 1 fully saturated rings. The average Bonchev–Trinajstić information content (AvgIpc) is 2.93. The molecule has 4 rings (SSSR count). The summed E-state index contributed by atoms with van der Waals surface area (Å²) in [5, 5.41) is 4.29. The molecule has 1 atom stereocenters. The van der Waals surface area contributed by atoms with E-state index in [4.69, 9.17) is 23.2 Å². The van der Waals surface area contributed by atoms with Crippen LogP contribution >= 0.6 is 35.0 Å². The van der Waals surface area contributed by atoms with Crippen molar-refractivity contribution in [1.29, 1.82) is 0 Å². The summed E-state index contributed by atoms with van der Waals surface area (Å²) in [4.78, 5) is 30.5. The van der Waals surface area contributed by atoms with Crippen molar-refractivity contribution in [3.63, 3.8) is 0 Å². The minimum absolute atomic E-state index is 0.0702. The van der Waals surface area contributed by atoms with E-state index in [1.165, 1.54) is 6.42 Å². The van der Waals surface area contributed by atoms with Crippen LogP contribution < -0.4 is 5.32 Å². The Morgan fingerprint density at radius 2 is 1.61 bits per heavy atom. The molecule has 38 heavy (non-hydrogen) atoms. The summed E-state index contributed by atoms with van der Waals surface area (Å²) < 4.78 is 0. The lowest BCUT2D eigenvalue weighted by molar-refractivity contribution is -0.141. The van der Waals surface area contributed by atoms with Crippen LogP contribution in [-0.2, 0) is 22.6 Å². The molecule has 0 unspecified atom stereocenters. The maximum atomic E-state index is 13.8. The van der Waals surface area contributed by atoms with Crippen LogP contribution in [0.25, 0.3) is 0 Å². The first-order chi connectivity index (χ1) is 18.5. The molecule has 0 aromatic heterocycles. The summed E-state index contributed by atoms with van der Waals surface area (Å²) in [6.07, 6.45) is 6.15. The van der Waals surface area contributed by atoms with E-state index in [2.05, 4.69) is 5.32 Å². The molecule has 1 aliphatic carbocycles. The molecule has 3 aromatic rings. The van der Waals surface area contributed by atoms with Crippen LogP contribution in [0.2, 0.25) is 10.0 Å². The highest BCUT2D eigenvalue weighted by molar-refractivity contribution is 7.99. The first kappa shape index (κ1) is 28.5. The highest BCUT2D eigenvalue weighted by atomic mass is 35.5. The summed E-state index contributed by atoms with van der Waals surface area (Å²) in [7, 11) is 0. The Labute approximate surface area is 240 Å². The average molecular weight is 570 g/mol. The van der Waals surface area contributed by atoms with E-state index in [0.29, 0.717) is 28.6 Å². The van der Waals surface area contributed by atoms with Crippen LogP contribution in [0.1, 0.15) is 49.7 Å². The van der Waals surface area contributed by atoms with Crippen LogP contribution in [0, 0.1) is 0 Å². The quantitative estimate of drug-likeness (QED) is 0.243. The lowest BCUT2D eigenvalue weighted by atomic mass is 9.94. The van der Waals surface area contributed by atoms with Crippen molar-refractivity contribution in [3.8, 4) is 0 Å².